The van der Waals surface area contributed by atoms with E-state index < -0.39 is 0 Å². The Morgan fingerprint density at radius 2 is 1.48 bits per heavy atom. The number of benzene rings is 2. The van der Waals surface area contributed by atoms with Crippen LogP contribution in [0.4, 0.5) is 0 Å². The van der Waals surface area contributed by atoms with E-state index in [0.29, 0.717) is 5.92 Å². The zero-order chi connectivity index (χ0) is 22.0. The average molecular weight is 387 g/mol. The summed E-state index contributed by atoms with van der Waals surface area (Å²) in [6, 6.07) is 15.4. The van der Waals surface area contributed by atoms with Gasteiger partial charge in [-0.15, -0.1) is 0 Å². The van der Waals surface area contributed by atoms with Gasteiger partial charge in [0.15, 0.2) is 0 Å². The van der Waals surface area contributed by atoms with Gasteiger partial charge in [-0.05, 0) is 66.7 Å². The van der Waals surface area contributed by atoms with Gasteiger partial charge in [-0.3, -0.25) is 0 Å². The molecule has 29 heavy (non-hydrogen) atoms. The Kier molecular flexibility index (Phi) is 10.2. The van der Waals surface area contributed by atoms with Crippen molar-refractivity contribution >= 4 is 11.1 Å². The minimum absolute atomic E-state index is 0.301. The normalized spacial score (nSPS) is 12.7. The molecule has 1 unspecified atom stereocenters. The average Bonchev–Trinajstić information content (AvgIpc) is 2.70. The van der Waals surface area contributed by atoms with Crippen LogP contribution < -0.4 is 0 Å². The molecular weight excluding hydrogens is 348 g/mol. The van der Waals surface area contributed by atoms with Crippen LogP contribution in [-0.4, -0.2) is 0 Å². The van der Waals surface area contributed by atoms with Crippen molar-refractivity contribution in [1.29, 1.82) is 0 Å². The summed E-state index contributed by atoms with van der Waals surface area (Å²) in [5.74, 6) is 0.301. The smallest absolute Gasteiger partial charge is 0.00611 e. The molecule has 0 heteroatoms. The fourth-order valence-electron chi connectivity index (χ4n) is 3.09. The molecule has 0 saturated carbocycles. The van der Waals surface area contributed by atoms with Gasteiger partial charge in [0.1, 0.15) is 0 Å². The van der Waals surface area contributed by atoms with E-state index in [1.807, 2.05) is 12.2 Å². The molecule has 1 atom stereocenters. The van der Waals surface area contributed by atoms with E-state index in [1.54, 1.807) is 0 Å². The zero-order valence-corrected chi connectivity index (χ0v) is 19.5. The second-order valence-electron chi connectivity index (χ2n) is 7.85. The van der Waals surface area contributed by atoms with Gasteiger partial charge in [0.05, 0.1) is 0 Å². The summed E-state index contributed by atoms with van der Waals surface area (Å²) in [5, 5.41) is 0. The largest absolute Gasteiger partial charge is 0.0991 e. The molecule has 2 aromatic rings. The van der Waals surface area contributed by atoms with Crippen LogP contribution in [0.1, 0.15) is 74.8 Å². The lowest BCUT2D eigenvalue weighted by atomic mass is 9.87. The van der Waals surface area contributed by atoms with Crippen molar-refractivity contribution in [3.05, 3.63) is 107 Å². The maximum Gasteiger partial charge on any atom is 0.00611 e. The molecule has 0 N–H and O–H groups in total. The fraction of sp³-hybridized carbons (Fsp3) is 0.310. The monoisotopic (exact) mass is 386 g/mol. The van der Waals surface area contributed by atoms with Gasteiger partial charge < -0.3 is 0 Å². The first kappa shape index (κ1) is 24.4. The number of allylic oxidation sites excluding steroid dienone is 6. The van der Waals surface area contributed by atoms with Crippen molar-refractivity contribution in [2.24, 2.45) is 0 Å². The molecule has 0 aliphatic carbocycles. The van der Waals surface area contributed by atoms with Gasteiger partial charge in [0, 0.05) is 5.92 Å². The predicted octanol–water partition coefficient (Wildman–Crippen LogP) is 9.07. The molecule has 2 aromatic carbocycles. The van der Waals surface area contributed by atoms with Crippen molar-refractivity contribution in [2.45, 2.75) is 60.8 Å². The molecular formula is C29H38. The molecule has 0 aromatic heterocycles. The third-order valence-corrected chi connectivity index (χ3v) is 5.09. The quantitative estimate of drug-likeness (QED) is 0.434. The van der Waals surface area contributed by atoms with Crippen molar-refractivity contribution in [2.75, 3.05) is 0 Å². The Bertz CT molecular complexity index is 873. The Morgan fingerprint density at radius 3 is 2.00 bits per heavy atom. The summed E-state index contributed by atoms with van der Waals surface area (Å²) in [6.45, 7) is 23.1. The maximum absolute atomic E-state index is 4.37. The number of rotatable bonds is 6. The lowest BCUT2D eigenvalue weighted by molar-refractivity contribution is 0.985. The van der Waals surface area contributed by atoms with E-state index in [0.717, 1.165) is 5.57 Å². The van der Waals surface area contributed by atoms with Crippen molar-refractivity contribution in [1.82, 2.24) is 0 Å². The molecule has 0 aliphatic heterocycles. The van der Waals surface area contributed by atoms with Gasteiger partial charge in [0.2, 0.25) is 0 Å². The highest BCUT2D eigenvalue weighted by molar-refractivity contribution is 5.73. The highest BCUT2D eigenvalue weighted by Crippen LogP contribution is 2.32. The van der Waals surface area contributed by atoms with Gasteiger partial charge in [-0.2, -0.15) is 0 Å². The Morgan fingerprint density at radius 1 is 0.931 bits per heavy atom. The first-order chi connectivity index (χ1) is 13.7. The third kappa shape index (κ3) is 7.38. The molecule has 0 fully saturated rings. The molecule has 0 bridgehead atoms. The highest BCUT2D eigenvalue weighted by atomic mass is 14.2. The summed E-state index contributed by atoms with van der Waals surface area (Å²) >= 11 is 0. The third-order valence-electron chi connectivity index (χ3n) is 5.09. The summed E-state index contributed by atoms with van der Waals surface area (Å²) in [7, 11) is 0. The number of hydrogen-bond donors (Lipinski definition) is 0. The minimum Gasteiger partial charge on any atom is -0.0991 e. The zero-order valence-electron chi connectivity index (χ0n) is 19.5. The SMILES string of the molecule is C=C/C=C(C)\C=C(/C)c1ccc(C(=C)C(C)c2ccc(C)c(C)c2)cc1.CCC. The molecule has 0 saturated heterocycles. The van der Waals surface area contributed by atoms with E-state index in [2.05, 4.69) is 110 Å². The van der Waals surface area contributed by atoms with Crippen LogP contribution in [0.15, 0.2) is 79.4 Å². The molecule has 0 heterocycles. The topological polar surface area (TPSA) is 0 Å². The van der Waals surface area contributed by atoms with Crippen LogP contribution in [-0.2, 0) is 0 Å². The maximum atomic E-state index is 4.37. The lowest BCUT2D eigenvalue weighted by Gasteiger charge is -2.17. The van der Waals surface area contributed by atoms with E-state index in [1.165, 1.54) is 45.4 Å². The summed E-state index contributed by atoms with van der Waals surface area (Å²) in [6.07, 6.45) is 7.27. The lowest BCUT2D eigenvalue weighted by Crippen LogP contribution is -1.98. The molecule has 2 rings (SSSR count). The number of aryl methyl sites for hydroxylation is 2. The van der Waals surface area contributed by atoms with Crippen LogP contribution in [0.5, 0.6) is 0 Å². The van der Waals surface area contributed by atoms with Crippen LogP contribution in [0.25, 0.3) is 11.1 Å². The molecule has 0 amide bonds. The number of hydrogen-bond acceptors (Lipinski definition) is 0. The van der Waals surface area contributed by atoms with E-state index in [-0.39, 0.29) is 0 Å². The van der Waals surface area contributed by atoms with Crippen LogP contribution in [0.2, 0.25) is 0 Å². The van der Waals surface area contributed by atoms with E-state index >= 15 is 0 Å². The fourth-order valence-corrected chi connectivity index (χ4v) is 3.09. The molecule has 0 spiro atoms. The van der Waals surface area contributed by atoms with Crippen molar-refractivity contribution in [3.8, 4) is 0 Å². The standard InChI is InChI=1S/C26H30.C3H8/c1-8-9-18(2)16-21(5)24-12-14-25(15-13-24)22(6)23(7)26-11-10-19(3)20(4)17-26;1-3-2/h8-17,23H,1,6H2,2-5,7H3;3H2,1-2H3/b18-9-,21-16+;. The van der Waals surface area contributed by atoms with Crippen LogP contribution in [0.3, 0.4) is 0 Å². The van der Waals surface area contributed by atoms with Gasteiger partial charge in [0.25, 0.3) is 0 Å². The van der Waals surface area contributed by atoms with Gasteiger partial charge in [-0.1, -0.05) is 107 Å². The van der Waals surface area contributed by atoms with Gasteiger partial charge >= 0.3 is 0 Å². The molecule has 0 nitrogen and oxygen atoms in total. The van der Waals surface area contributed by atoms with E-state index in [9.17, 15) is 0 Å². The van der Waals surface area contributed by atoms with Crippen molar-refractivity contribution < 1.29 is 0 Å². The molecule has 154 valence electrons. The Labute approximate surface area is 179 Å². The summed E-state index contributed by atoms with van der Waals surface area (Å²) in [5.41, 5.74) is 10.0. The second-order valence-corrected chi connectivity index (χ2v) is 7.85. The molecule has 0 aliphatic rings. The Hall–Kier alpha value is -2.60. The van der Waals surface area contributed by atoms with Crippen molar-refractivity contribution in [3.63, 3.8) is 0 Å². The first-order valence-electron chi connectivity index (χ1n) is 10.6. The minimum atomic E-state index is 0.301. The van der Waals surface area contributed by atoms with Crippen LogP contribution in [0, 0.1) is 13.8 Å². The summed E-state index contributed by atoms with van der Waals surface area (Å²) < 4.78 is 0. The predicted molar refractivity (Wildman–Crippen MR) is 133 cm³/mol. The summed E-state index contributed by atoms with van der Waals surface area (Å²) in [4.78, 5) is 0. The van der Waals surface area contributed by atoms with Gasteiger partial charge in [-0.25, -0.2) is 0 Å². The Balaban J connectivity index is 0.00000132. The second kappa shape index (κ2) is 12.1. The van der Waals surface area contributed by atoms with E-state index in [4.69, 9.17) is 0 Å². The molecule has 0 radical (unpaired) electrons. The first-order valence-corrected chi connectivity index (χ1v) is 10.6. The highest BCUT2D eigenvalue weighted by Gasteiger charge is 2.12. The van der Waals surface area contributed by atoms with Crippen LogP contribution >= 0.6 is 0 Å².